The summed E-state index contributed by atoms with van der Waals surface area (Å²) in [4.78, 5) is 9.48. The van der Waals surface area contributed by atoms with Crippen LogP contribution in [0.1, 0.15) is 19.4 Å². The molecule has 0 bridgehead atoms. The molecule has 0 unspecified atom stereocenters. The molecule has 0 amide bonds. The summed E-state index contributed by atoms with van der Waals surface area (Å²) in [7, 11) is 0. The van der Waals surface area contributed by atoms with E-state index in [1.807, 2.05) is 6.20 Å². The van der Waals surface area contributed by atoms with E-state index in [0.717, 1.165) is 31.7 Å². The second-order valence-corrected chi connectivity index (χ2v) is 5.87. The van der Waals surface area contributed by atoms with Gasteiger partial charge in [-0.25, -0.2) is 0 Å². The molecule has 0 radical (unpaired) electrons. The lowest BCUT2D eigenvalue weighted by Gasteiger charge is -2.35. The first-order valence-electron chi connectivity index (χ1n) is 8.33. The first-order valence-corrected chi connectivity index (χ1v) is 8.33. The maximum absolute atomic E-state index is 4.50. The van der Waals surface area contributed by atoms with Crippen LogP contribution in [0.3, 0.4) is 0 Å². The van der Waals surface area contributed by atoms with E-state index < -0.39 is 0 Å². The van der Waals surface area contributed by atoms with E-state index in [4.69, 9.17) is 0 Å². The maximum atomic E-state index is 4.50. The number of anilines is 1. The van der Waals surface area contributed by atoms with Crippen LogP contribution >= 0.6 is 0 Å². The molecule has 116 valence electrons. The van der Waals surface area contributed by atoms with E-state index in [1.54, 1.807) is 0 Å². The van der Waals surface area contributed by atoms with Crippen molar-refractivity contribution in [2.24, 2.45) is 0 Å². The van der Waals surface area contributed by atoms with E-state index in [2.05, 4.69) is 65.0 Å². The Morgan fingerprint density at radius 2 is 1.68 bits per heavy atom. The number of benzene rings is 1. The number of rotatable bonds is 4. The molecule has 0 spiro atoms. The van der Waals surface area contributed by atoms with E-state index in [9.17, 15) is 0 Å². The third-order valence-corrected chi connectivity index (χ3v) is 4.58. The van der Waals surface area contributed by atoms with Gasteiger partial charge in [0.05, 0.1) is 5.69 Å². The number of pyridine rings is 1. The van der Waals surface area contributed by atoms with Crippen LogP contribution in [0.5, 0.6) is 0 Å². The summed E-state index contributed by atoms with van der Waals surface area (Å²) in [6.45, 7) is 10.1. The van der Waals surface area contributed by atoms with Gasteiger partial charge in [0.25, 0.3) is 0 Å². The molecule has 22 heavy (non-hydrogen) atoms. The highest BCUT2D eigenvalue weighted by Crippen LogP contribution is 2.23. The molecule has 2 aromatic rings. The Balaban J connectivity index is 1.72. The fourth-order valence-corrected chi connectivity index (χ4v) is 3.02. The monoisotopic (exact) mass is 295 g/mol. The van der Waals surface area contributed by atoms with Crippen LogP contribution in [0, 0.1) is 0 Å². The first-order chi connectivity index (χ1) is 10.8. The van der Waals surface area contributed by atoms with Crippen LogP contribution in [0.25, 0.3) is 11.3 Å². The Hall–Kier alpha value is -1.87. The number of aromatic nitrogens is 1. The SMILES string of the molecule is CCc1ccnc(-c2ccc(N3CCN(CC)CC3)cc2)c1. The molecule has 3 heteroatoms. The van der Waals surface area contributed by atoms with Crippen molar-refractivity contribution in [3.05, 3.63) is 48.2 Å². The summed E-state index contributed by atoms with van der Waals surface area (Å²) in [5.41, 5.74) is 4.93. The van der Waals surface area contributed by atoms with Crippen LogP contribution in [-0.2, 0) is 6.42 Å². The minimum Gasteiger partial charge on any atom is -0.369 e. The normalized spacial score (nSPS) is 16.0. The summed E-state index contributed by atoms with van der Waals surface area (Å²) in [6.07, 6.45) is 2.96. The molecule has 1 aliphatic rings. The number of hydrogen-bond acceptors (Lipinski definition) is 3. The quantitative estimate of drug-likeness (QED) is 0.861. The van der Waals surface area contributed by atoms with Crippen LogP contribution in [0.4, 0.5) is 5.69 Å². The molecule has 2 heterocycles. The molecular formula is C19H25N3. The van der Waals surface area contributed by atoms with Crippen molar-refractivity contribution >= 4 is 5.69 Å². The predicted molar refractivity (Wildman–Crippen MR) is 93.4 cm³/mol. The minimum atomic E-state index is 1.05. The summed E-state index contributed by atoms with van der Waals surface area (Å²) < 4.78 is 0. The van der Waals surface area contributed by atoms with Gasteiger partial charge < -0.3 is 9.80 Å². The average Bonchev–Trinajstić information content (AvgIpc) is 2.62. The topological polar surface area (TPSA) is 19.4 Å². The predicted octanol–water partition coefficient (Wildman–Crippen LogP) is 3.45. The number of aryl methyl sites for hydroxylation is 1. The molecule has 1 aromatic carbocycles. The molecule has 3 rings (SSSR count). The smallest absolute Gasteiger partial charge is 0.0704 e. The second-order valence-electron chi connectivity index (χ2n) is 5.87. The summed E-state index contributed by atoms with van der Waals surface area (Å²) in [6, 6.07) is 13.1. The van der Waals surface area contributed by atoms with Crippen molar-refractivity contribution in [3.63, 3.8) is 0 Å². The molecule has 0 atom stereocenters. The van der Waals surface area contributed by atoms with Crippen molar-refractivity contribution in [2.45, 2.75) is 20.3 Å². The third-order valence-electron chi connectivity index (χ3n) is 4.58. The molecule has 1 fully saturated rings. The van der Waals surface area contributed by atoms with Crippen LogP contribution in [0.2, 0.25) is 0 Å². The maximum Gasteiger partial charge on any atom is 0.0704 e. The van der Waals surface area contributed by atoms with Crippen LogP contribution in [0.15, 0.2) is 42.6 Å². The van der Waals surface area contributed by atoms with E-state index in [0.29, 0.717) is 0 Å². The molecule has 1 aromatic heterocycles. The van der Waals surface area contributed by atoms with Crippen molar-refractivity contribution in [1.82, 2.24) is 9.88 Å². The minimum absolute atomic E-state index is 1.05. The number of likely N-dealkylation sites (N-methyl/N-ethyl adjacent to an activating group) is 1. The Kier molecular flexibility index (Phi) is 4.74. The first kappa shape index (κ1) is 15.0. The molecular weight excluding hydrogens is 270 g/mol. The highest BCUT2D eigenvalue weighted by atomic mass is 15.3. The highest BCUT2D eigenvalue weighted by molar-refractivity contribution is 5.63. The lowest BCUT2D eigenvalue weighted by Crippen LogP contribution is -2.46. The fraction of sp³-hybridized carbons (Fsp3) is 0.421. The van der Waals surface area contributed by atoms with Gasteiger partial charge in [-0.15, -0.1) is 0 Å². The van der Waals surface area contributed by atoms with Gasteiger partial charge >= 0.3 is 0 Å². The Bertz CT molecular complexity index is 598. The van der Waals surface area contributed by atoms with Crippen molar-refractivity contribution in [2.75, 3.05) is 37.6 Å². The van der Waals surface area contributed by atoms with Gasteiger partial charge in [0, 0.05) is 43.6 Å². The average molecular weight is 295 g/mol. The zero-order valence-corrected chi connectivity index (χ0v) is 13.6. The van der Waals surface area contributed by atoms with Gasteiger partial charge in [0.1, 0.15) is 0 Å². The largest absolute Gasteiger partial charge is 0.369 e. The molecule has 0 N–H and O–H groups in total. The molecule has 1 aliphatic heterocycles. The lowest BCUT2D eigenvalue weighted by atomic mass is 10.1. The fourth-order valence-electron chi connectivity index (χ4n) is 3.02. The number of piperazine rings is 1. The molecule has 1 saturated heterocycles. The molecule has 3 nitrogen and oxygen atoms in total. The van der Waals surface area contributed by atoms with Crippen molar-refractivity contribution in [3.8, 4) is 11.3 Å². The standard InChI is InChI=1S/C19H25N3/c1-3-16-9-10-20-19(15-16)17-5-7-18(8-6-17)22-13-11-21(4-2)12-14-22/h5-10,15H,3-4,11-14H2,1-2H3. The van der Waals surface area contributed by atoms with Crippen LogP contribution < -0.4 is 4.90 Å². The Morgan fingerprint density at radius 1 is 0.955 bits per heavy atom. The number of nitrogens with zero attached hydrogens (tertiary/aromatic N) is 3. The van der Waals surface area contributed by atoms with Crippen LogP contribution in [-0.4, -0.2) is 42.6 Å². The molecule has 0 saturated carbocycles. The molecule has 0 aliphatic carbocycles. The van der Waals surface area contributed by atoms with Gasteiger partial charge in [-0.1, -0.05) is 26.0 Å². The van der Waals surface area contributed by atoms with E-state index in [-0.39, 0.29) is 0 Å². The van der Waals surface area contributed by atoms with Gasteiger partial charge in [0.2, 0.25) is 0 Å². The Labute approximate surface area is 133 Å². The van der Waals surface area contributed by atoms with Gasteiger partial charge in [0.15, 0.2) is 0 Å². The number of hydrogen-bond donors (Lipinski definition) is 0. The van der Waals surface area contributed by atoms with Crippen molar-refractivity contribution < 1.29 is 0 Å². The van der Waals surface area contributed by atoms with Crippen molar-refractivity contribution in [1.29, 1.82) is 0 Å². The van der Waals surface area contributed by atoms with Gasteiger partial charge in [-0.05, 0) is 42.8 Å². The van der Waals surface area contributed by atoms with E-state index >= 15 is 0 Å². The summed E-state index contributed by atoms with van der Waals surface area (Å²) in [5.74, 6) is 0. The highest BCUT2D eigenvalue weighted by Gasteiger charge is 2.15. The third kappa shape index (κ3) is 3.30. The van der Waals surface area contributed by atoms with Gasteiger partial charge in [-0.2, -0.15) is 0 Å². The van der Waals surface area contributed by atoms with Gasteiger partial charge in [-0.3, -0.25) is 4.98 Å². The zero-order chi connectivity index (χ0) is 15.4. The second kappa shape index (κ2) is 6.93. The lowest BCUT2D eigenvalue weighted by molar-refractivity contribution is 0.271. The summed E-state index contributed by atoms with van der Waals surface area (Å²) in [5, 5.41) is 0. The Morgan fingerprint density at radius 3 is 2.32 bits per heavy atom. The zero-order valence-electron chi connectivity index (χ0n) is 13.6. The van der Waals surface area contributed by atoms with E-state index in [1.165, 1.54) is 29.9 Å². The summed E-state index contributed by atoms with van der Waals surface area (Å²) >= 11 is 0.